The van der Waals surface area contributed by atoms with Crippen LogP contribution in [0, 0.1) is 0 Å². The molecule has 12 heavy (non-hydrogen) atoms. The van der Waals surface area contributed by atoms with Gasteiger partial charge < -0.3 is 0 Å². The van der Waals surface area contributed by atoms with E-state index in [9.17, 15) is 0 Å². The Balaban J connectivity index is 2.95. The summed E-state index contributed by atoms with van der Waals surface area (Å²) in [5.74, 6) is 0. The molecule has 0 spiro atoms. The zero-order valence-electron chi connectivity index (χ0n) is 7.73. The number of hydrogen-bond donors (Lipinski definition) is 0. The van der Waals surface area contributed by atoms with Crippen LogP contribution < -0.4 is 0 Å². The van der Waals surface area contributed by atoms with Crippen LogP contribution in [0.3, 0.4) is 0 Å². The third-order valence-electron chi connectivity index (χ3n) is 2.07. The van der Waals surface area contributed by atoms with Crippen molar-refractivity contribution in [2.45, 2.75) is 33.1 Å². The van der Waals surface area contributed by atoms with Crippen LogP contribution in [-0.4, -0.2) is 0 Å². The van der Waals surface area contributed by atoms with Crippen LogP contribution in [0.4, 0.5) is 0 Å². The number of aryl methyl sites for hydroxylation is 2. The summed E-state index contributed by atoms with van der Waals surface area (Å²) < 4.78 is 0. The van der Waals surface area contributed by atoms with Gasteiger partial charge in [-0.2, -0.15) is 0 Å². The maximum atomic E-state index is 5.91. The number of hydrogen-bond acceptors (Lipinski definition) is 0. The molecule has 0 fully saturated rings. The lowest BCUT2D eigenvalue weighted by molar-refractivity contribution is 0.899. The van der Waals surface area contributed by atoms with Crippen molar-refractivity contribution in [1.29, 1.82) is 0 Å². The third kappa shape index (κ3) is 2.25. The fraction of sp³-hybridized carbons (Fsp3) is 0.455. The molecule has 66 valence electrons. The maximum Gasteiger partial charge on any atom is 0.0408 e. The normalized spacial score (nSPS) is 10.2. The summed E-state index contributed by atoms with van der Waals surface area (Å²) in [6.07, 6.45) is 3.43. The highest BCUT2D eigenvalue weighted by Gasteiger charge is 1.99. The van der Waals surface area contributed by atoms with E-state index in [0.29, 0.717) is 0 Å². The minimum absolute atomic E-state index is 0.857. The lowest BCUT2D eigenvalue weighted by Crippen LogP contribution is -1.91. The summed E-state index contributed by atoms with van der Waals surface area (Å²) in [5, 5.41) is 0.857. The van der Waals surface area contributed by atoms with E-state index in [1.807, 2.05) is 6.07 Å². The molecule has 0 aliphatic rings. The van der Waals surface area contributed by atoms with E-state index < -0.39 is 0 Å². The van der Waals surface area contributed by atoms with Crippen molar-refractivity contribution in [1.82, 2.24) is 0 Å². The molecule has 1 heteroatoms. The monoisotopic (exact) mass is 182 g/mol. The Morgan fingerprint density at radius 2 is 1.92 bits per heavy atom. The van der Waals surface area contributed by atoms with Crippen LogP contribution in [0.1, 0.15) is 31.4 Å². The maximum absolute atomic E-state index is 5.91. The molecule has 0 N–H and O–H groups in total. The Labute approximate surface area is 79.6 Å². The molecule has 0 aromatic heterocycles. The van der Waals surface area contributed by atoms with Crippen molar-refractivity contribution >= 4 is 11.6 Å². The topological polar surface area (TPSA) is 0 Å². The first-order valence-electron chi connectivity index (χ1n) is 4.55. The van der Waals surface area contributed by atoms with E-state index in [1.54, 1.807) is 0 Å². The summed E-state index contributed by atoms with van der Waals surface area (Å²) >= 11 is 5.91. The Morgan fingerprint density at radius 1 is 1.17 bits per heavy atom. The minimum atomic E-state index is 0.857. The molecule has 0 amide bonds. The van der Waals surface area contributed by atoms with Gasteiger partial charge in [-0.1, -0.05) is 37.9 Å². The molecule has 0 radical (unpaired) electrons. The van der Waals surface area contributed by atoms with Gasteiger partial charge >= 0.3 is 0 Å². The summed E-state index contributed by atoms with van der Waals surface area (Å²) in [5.41, 5.74) is 2.84. The highest BCUT2D eigenvalue weighted by molar-refractivity contribution is 6.30. The van der Waals surface area contributed by atoms with Crippen molar-refractivity contribution in [2.75, 3.05) is 0 Å². The highest BCUT2D eigenvalue weighted by Crippen LogP contribution is 2.17. The lowest BCUT2D eigenvalue weighted by Gasteiger charge is -2.06. The van der Waals surface area contributed by atoms with Crippen LogP contribution >= 0.6 is 11.6 Å². The molecule has 1 aromatic rings. The zero-order chi connectivity index (χ0) is 8.97. The summed E-state index contributed by atoms with van der Waals surface area (Å²) in [6.45, 7) is 4.38. The van der Waals surface area contributed by atoms with E-state index in [2.05, 4.69) is 26.0 Å². The molecule has 0 bridgehead atoms. The highest BCUT2D eigenvalue weighted by atomic mass is 35.5. The Hall–Kier alpha value is -0.490. The van der Waals surface area contributed by atoms with E-state index in [4.69, 9.17) is 11.6 Å². The van der Waals surface area contributed by atoms with Crippen LogP contribution in [-0.2, 0) is 12.8 Å². The predicted molar refractivity (Wildman–Crippen MR) is 54.8 cm³/mol. The molecular formula is C11H15Cl. The zero-order valence-corrected chi connectivity index (χ0v) is 8.49. The Morgan fingerprint density at radius 3 is 2.50 bits per heavy atom. The standard InChI is InChI=1S/C11H15Cl/c1-3-5-10-8-11(12)7-6-9(10)4-2/h6-8H,3-5H2,1-2H3. The smallest absolute Gasteiger partial charge is 0.0408 e. The van der Waals surface area contributed by atoms with E-state index in [0.717, 1.165) is 17.9 Å². The van der Waals surface area contributed by atoms with Gasteiger partial charge in [0.1, 0.15) is 0 Å². The van der Waals surface area contributed by atoms with Crippen molar-refractivity contribution in [3.63, 3.8) is 0 Å². The van der Waals surface area contributed by atoms with E-state index in [-0.39, 0.29) is 0 Å². The van der Waals surface area contributed by atoms with Crippen molar-refractivity contribution in [3.8, 4) is 0 Å². The SMILES string of the molecule is CCCc1cc(Cl)ccc1CC. The molecule has 0 saturated carbocycles. The average molecular weight is 183 g/mol. The van der Waals surface area contributed by atoms with Gasteiger partial charge in [0.2, 0.25) is 0 Å². The largest absolute Gasteiger partial charge is 0.0843 e. The van der Waals surface area contributed by atoms with Crippen molar-refractivity contribution < 1.29 is 0 Å². The molecule has 0 heterocycles. The van der Waals surface area contributed by atoms with Crippen LogP contribution in [0.5, 0.6) is 0 Å². The first-order chi connectivity index (χ1) is 5.77. The second kappa shape index (κ2) is 4.51. The van der Waals surface area contributed by atoms with Gasteiger partial charge in [0, 0.05) is 5.02 Å². The minimum Gasteiger partial charge on any atom is -0.0843 e. The summed E-state index contributed by atoms with van der Waals surface area (Å²) in [4.78, 5) is 0. The molecule has 0 unspecified atom stereocenters. The molecule has 1 rings (SSSR count). The average Bonchev–Trinajstić information content (AvgIpc) is 2.05. The molecule has 1 aromatic carbocycles. The molecule has 0 atom stereocenters. The van der Waals surface area contributed by atoms with Crippen molar-refractivity contribution in [2.24, 2.45) is 0 Å². The molecule has 0 saturated heterocycles. The van der Waals surface area contributed by atoms with E-state index >= 15 is 0 Å². The van der Waals surface area contributed by atoms with Crippen LogP contribution in [0.15, 0.2) is 18.2 Å². The lowest BCUT2D eigenvalue weighted by atomic mass is 10.0. The Bertz CT molecular complexity index is 253. The third-order valence-corrected chi connectivity index (χ3v) is 2.30. The first-order valence-corrected chi connectivity index (χ1v) is 4.93. The van der Waals surface area contributed by atoms with Gasteiger partial charge in [0.05, 0.1) is 0 Å². The summed E-state index contributed by atoms with van der Waals surface area (Å²) in [7, 11) is 0. The fourth-order valence-electron chi connectivity index (χ4n) is 1.44. The van der Waals surface area contributed by atoms with Gasteiger partial charge in [0.15, 0.2) is 0 Å². The van der Waals surface area contributed by atoms with Gasteiger partial charge in [-0.25, -0.2) is 0 Å². The van der Waals surface area contributed by atoms with Gasteiger partial charge in [-0.15, -0.1) is 0 Å². The molecule has 0 nitrogen and oxygen atoms in total. The first kappa shape index (κ1) is 9.60. The number of rotatable bonds is 3. The second-order valence-corrected chi connectivity index (χ2v) is 3.45. The molecule has 0 aliphatic heterocycles. The summed E-state index contributed by atoms with van der Waals surface area (Å²) in [6, 6.07) is 6.19. The second-order valence-electron chi connectivity index (χ2n) is 3.02. The van der Waals surface area contributed by atoms with E-state index in [1.165, 1.54) is 17.5 Å². The van der Waals surface area contributed by atoms with Gasteiger partial charge in [-0.3, -0.25) is 0 Å². The predicted octanol–water partition coefficient (Wildman–Crippen LogP) is 3.85. The fourth-order valence-corrected chi connectivity index (χ4v) is 1.64. The quantitative estimate of drug-likeness (QED) is 0.666. The van der Waals surface area contributed by atoms with Gasteiger partial charge in [-0.05, 0) is 36.1 Å². The molecular weight excluding hydrogens is 168 g/mol. The Kier molecular flexibility index (Phi) is 3.61. The number of halogens is 1. The molecule has 0 aliphatic carbocycles. The van der Waals surface area contributed by atoms with Crippen LogP contribution in [0.2, 0.25) is 5.02 Å². The van der Waals surface area contributed by atoms with Crippen molar-refractivity contribution in [3.05, 3.63) is 34.3 Å². The number of benzene rings is 1. The van der Waals surface area contributed by atoms with Crippen LogP contribution in [0.25, 0.3) is 0 Å². The van der Waals surface area contributed by atoms with Gasteiger partial charge in [0.25, 0.3) is 0 Å².